The molecule has 1 aromatic heterocycles. The first-order valence-electron chi connectivity index (χ1n) is 16.5. The number of hydrogen-bond acceptors (Lipinski definition) is 2. The summed E-state index contributed by atoms with van der Waals surface area (Å²) >= 11 is 0. The molecule has 0 bridgehead atoms. The van der Waals surface area contributed by atoms with E-state index in [1.807, 2.05) is 22.9 Å². The lowest BCUT2D eigenvalue weighted by molar-refractivity contribution is 0.715. The molecule has 4 heteroatoms. The molecule has 8 aromatic rings. The van der Waals surface area contributed by atoms with Crippen LogP contribution in [0.2, 0.25) is 0 Å². The number of fused-ring (bicyclic) bond motifs is 4. The average molecular weight is 632 g/mol. The van der Waals surface area contributed by atoms with Gasteiger partial charge in [0, 0.05) is 5.41 Å². The summed E-state index contributed by atoms with van der Waals surface area (Å²) in [6, 6.07) is 66.6. The van der Waals surface area contributed by atoms with Crippen molar-refractivity contribution in [3.05, 3.63) is 199 Å². The van der Waals surface area contributed by atoms with Gasteiger partial charge in [-0.05, 0) is 79.8 Å². The van der Waals surface area contributed by atoms with Crippen LogP contribution in [0.5, 0.6) is 0 Å². The monoisotopic (exact) mass is 631 g/mol. The van der Waals surface area contributed by atoms with Crippen LogP contribution in [0.4, 0.5) is 0 Å². The average Bonchev–Trinajstić information content (AvgIpc) is 3.70. The van der Waals surface area contributed by atoms with E-state index in [9.17, 15) is 0 Å². The van der Waals surface area contributed by atoms with Crippen molar-refractivity contribution in [2.45, 2.75) is 12.3 Å². The van der Waals surface area contributed by atoms with E-state index in [2.05, 4.69) is 181 Å². The number of benzene rings is 7. The maximum Gasteiger partial charge on any atom is 0.179 e. The Hall–Kier alpha value is -5.84. The van der Waals surface area contributed by atoms with E-state index in [0.717, 1.165) is 16.7 Å². The molecule has 0 saturated carbocycles. The van der Waals surface area contributed by atoms with Gasteiger partial charge in [-0.15, -0.1) is 5.10 Å². The molecular weight excluding hydrogens is 599 g/mol. The van der Waals surface area contributed by atoms with E-state index < -0.39 is 8.07 Å². The van der Waals surface area contributed by atoms with Crippen LogP contribution in [0.3, 0.4) is 0 Å². The summed E-state index contributed by atoms with van der Waals surface area (Å²) in [6.07, 6.45) is 0. The van der Waals surface area contributed by atoms with Crippen LogP contribution >= 0.6 is 0 Å². The minimum absolute atomic E-state index is 0.356. The molecule has 1 heterocycles. The first-order valence-corrected chi connectivity index (χ1v) is 18.5. The number of aromatic nitrogens is 3. The van der Waals surface area contributed by atoms with Crippen molar-refractivity contribution >= 4 is 39.9 Å². The van der Waals surface area contributed by atoms with Crippen LogP contribution in [-0.4, -0.2) is 23.1 Å². The van der Waals surface area contributed by atoms with E-state index in [1.165, 1.54) is 48.6 Å². The molecule has 1 aliphatic carbocycles. The number of rotatable bonds is 6. The lowest BCUT2D eigenvalue weighted by Crippen LogP contribution is -2.74. The fraction of sp³-hybridized carbons (Fsp3) is 0.0455. The summed E-state index contributed by atoms with van der Waals surface area (Å²) in [6.45, 7) is 2.37. The minimum atomic E-state index is -2.62. The van der Waals surface area contributed by atoms with Crippen LogP contribution < -0.4 is 20.7 Å². The van der Waals surface area contributed by atoms with Crippen LogP contribution in [0, 0.1) is 0 Å². The fourth-order valence-electron chi connectivity index (χ4n) is 8.09. The molecule has 0 saturated heterocycles. The maximum atomic E-state index is 4.66. The molecule has 48 heavy (non-hydrogen) atoms. The van der Waals surface area contributed by atoms with Gasteiger partial charge in [0.25, 0.3) is 0 Å². The highest BCUT2D eigenvalue weighted by atomic mass is 28.3. The fourth-order valence-corrected chi connectivity index (χ4v) is 12.8. The lowest BCUT2D eigenvalue weighted by Gasteiger charge is -2.35. The van der Waals surface area contributed by atoms with Crippen molar-refractivity contribution in [3.8, 4) is 16.8 Å². The summed E-state index contributed by atoms with van der Waals surface area (Å²) in [5, 5.41) is 14.7. The summed E-state index contributed by atoms with van der Waals surface area (Å²) < 4.78 is 1.95. The molecule has 0 spiro atoms. The largest absolute Gasteiger partial charge is 0.213 e. The maximum absolute atomic E-state index is 4.66. The van der Waals surface area contributed by atoms with Gasteiger partial charge in [-0.25, -0.2) is 4.68 Å². The predicted octanol–water partition coefficient (Wildman–Crippen LogP) is 7.13. The summed E-state index contributed by atoms with van der Waals surface area (Å²) in [5.74, 6) is 0. The molecule has 0 radical (unpaired) electrons. The highest BCUT2D eigenvalue weighted by Crippen LogP contribution is 2.53. The van der Waals surface area contributed by atoms with Crippen molar-refractivity contribution in [2.24, 2.45) is 0 Å². The van der Waals surface area contributed by atoms with Gasteiger partial charge in [-0.2, -0.15) is 0 Å². The number of para-hydroxylation sites is 1. The van der Waals surface area contributed by atoms with Crippen LogP contribution in [0.1, 0.15) is 23.6 Å². The van der Waals surface area contributed by atoms with Crippen molar-refractivity contribution < 1.29 is 0 Å². The highest BCUT2D eigenvalue weighted by molar-refractivity contribution is 7.19. The van der Waals surface area contributed by atoms with Gasteiger partial charge >= 0.3 is 0 Å². The SMILES string of the molecule is CC1(c2ccc([Si](c3ccccc3)(c3ccccc3)c3ccccc3)cc2)c2ccccc2-c2cc3c(cc21)nnn3-c1ccccc1. The summed E-state index contributed by atoms with van der Waals surface area (Å²) in [5.41, 5.74) is 8.92. The molecule has 0 amide bonds. The van der Waals surface area contributed by atoms with Crippen LogP contribution in [0.15, 0.2) is 182 Å². The zero-order valence-corrected chi connectivity index (χ0v) is 27.7. The van der Waals surface area contributed by atoms with Gasteiger partial charge in [0.15, 0.2) is 8.07 Å². The molecule has 0 fully saturated rings. The lowest BCUT2D eigenvalue weighted by atomic mass is 9.74. The third kappa shape index (κ3) is 4.13. The number of nitrogens with zero attached hydrogens (tertiary/aromatic N) is 3. The van der Waals surface area contributed by atoms with E-state index >= 15 is 0 Å². The minimum Gasteiger partial charge on any atom is -0.213 e. The zero-order chi connectivity index (χ0) is 32.1. The molecule has 1 aliphatic rings. The van der Waals surface area contributed by atoms with Crippen LogP contribution in [0.25, 0.3) is 27.8 Å². The van der Waals surface area contributed by atoms with Crippen molar-refractivity contribution in [3.63, 3.8) is 0 Å². The Labute approximate surface area is 281 Å². The second-order valence-corrected chi connectivity index (χ2v) is 16.6. The van der Waals surface area contributed by atoms with Gasteiger partial charge in [0.2, 0.25) is 0 Å². The molecule has 1 atom stereocenters. The van der Waals surface area contributed by atoms with Gasteiger partial charge in [0.1, 0.15) is 5.52 Å². The molecule has 0 aliphatic heterocycles. The Kier molecular flexibility index (Phi) is 6.59. The molecule has 7 aromatic carbocycles. The van der Waals surface area contributed by atoms with Crippen molar-refractivity contribution in [2.75, 3.05) is 0 Å². The second-order valence-electron chi connectivity index (χ2n) is 12.8. The second kappa shape index (κ2) is 11.1. The zero-order valence-electron chi connectivity index (χ0n) is 26.7. The molecular formula is C44H33N3Si. The molecule has 228 valence electrons. The summed E-state index contributed by atoms with van der Waals surface area (Å²) in [7, 11) is -2.62. The first kappa shape index (κ1) is 28.4. The Bertz CT molecular complexity index is 2290. The van der Waals surface area contributed by atoms with Gasteiger partial charge in [-0.1, -0.05) is 163 Å². The molecule has 0 N–H and O–H groups in total. The Morgan fingerprint density at radius 1 is 0.479 bits per heavy atom. The standard InChI is InChI=1S/C44H33N3Si/c1-44(40-25-15-14-24-38(40)39-30-43-42(31-41(39)44)45-46-47(43)33-16-6-2-7-17-33)32-26-28-37(29-27-32)48(34-18-8-3-9-19-34,35-20-10-4-11-21-35)36-22-12-5-13-23-36/h2-31H,1H3. The quantitative estimate of drug-likeness (QED) is 0.144. The van der Waals surface area contributed by atoms with E-state index in [4.69, 9.17) is 0 Å². The topological polar surface area (TPSA) is 30.7 Å². The highest BCUT2D eigenvalue weighted by Gasteiger charge is 2.44. The van der Waals surface area contributed by atoms with Gasteiger partial charge in [0.05, 0.1) is 11.2 Å². The molecule has 3 nitrogen and oxygen atoms in total. The summed E-state index contributed by atoms with van der Waals surface area (Å²) in [4.78, 5) is 0. The normalized spacial score (nSPS) is 15.3. The molecule has 9 rings (SSSR count). The van der Waals surface area contributed by atoms with Crippen LogP contribution in [-0.2, 0) is 5.41 Å². The van der Waals surface area contributed by atoms with E-state index in [0.29, 0.717) is 0 Å². The third-order valence-electron chi connectivity index (χ3n) is 10.4. The smallest absolute Gasteiger partial charge is 0.179 e. The predicted molar refractivity (Wildman–Crippen MR) is 200 cm³/mol. The van der Waals surface area contributed by atoms with Gasteiger partial charge in [-0.3, -0.25) is 0 Å². The van der Waals surface area contributed by atoms with Crippen molar-refractivity contribution in [1.82, 2.24) is 15.0 Å². The number of hydrogen-bond donors (Lipinski definition) is 0. The first-order chi connectivity index (χ1) is 23.7. The van der Waals surface area contributed by atoms with E-state index in [-0.39, 0.29) is 5.41 Å². The van der Waals surface area contributed by atoms with Crippen molar-refractivity contribution in [1.29, 1.82) is 0 Å². The Balaban J connectivity index is 1.24. The van der Waals surface area contributed by atoms with E-state index in [1.54, 1.807) is 0 Å². The third-order valence-corrected chi connectivity index (χ3v) is 15.2. The molecule has 1 unspecified atom stereocenters. The van der Waals surface area contributed by atoms with Gasteiger partial charge < -0.3 is 0 Å². The Morgan fingerprint density at radius 2 is 0.979 bits per heavy atom. The Morgan fingerprint density at radius 3 is 1.56 bits per heavy atom.